The lowest BCUT2D eigenvalue weighted by atomic mass is 10.2. The average Bonchev–Trinajstić information content (AvgIpc) is 2.51. The number of nitrogens with zero attached hydrogens (tertiary/aromatic N) is 2. The van der Waals surface area contributed by atoms with E-state index in [-0.39, 0.29) is 5.82 Å². The molecule has 0 atom stereocenters. The third kappa shape index (κ3) is 5.02. The zero-order chi connectivity index (χ0) is 14.9. The summed E-state index contributed by atoms with van der Waals surface area (Å²) in [6, 6.07) is 8.49. The zero-order valence-electron chi connectivity index (χ0n) is 12.3. The molecular formula is C16H21FN4. The fourth-order valence-electron chi connectivity index (χ4n) is 1.95. The maximum atomic E-state index is 13.5. The van der Waals surface area contributed by atoms with Gasteiger partial charge in [-0.15, -0.1) is 0 Å². The van der Waals surface area contributed by atoms with Crippen LogP contribution in [0, 0.1) is 5.82 Å². The molecule has 0 fully saturated rings. The second-order valence-corrected chi connectivity index (χ2v) is 4.84. The van der Waals surface area contributed by atoms with E-state index in [4.69, 9.17) is 0 Å². The van der Waals surface area contributed by atoms with Crippen LogP contribution in [0.2, 0.25) is 0 Å². The summed E-state index contributed by atoms with van der Waals surface area (Å²) in [6.07, 6.45) is 5.18. The van der Waals surface area contributed by atoms with Crippen LogP contribution in [0.1, 0.15) is 31.7 Å². The first-order valence-corrected chi connectivity index (χ1v) is 7.34. The van der Waals surface area contributed by atoms with E-state index in [1.807, 2.05) is 6.07 Å². The lowest BCUT2D eigenvalue weighted by Gasteiger charge is -2.08. The van der Waals surface area contributed by atoms with Gasteiger partial charge in [-0.1, -0.05) is 38.0 Å². The minimum Gasteiger partial charge on any atom is -0.366 e. The highest BCUT2D eigenvalue weighted by molar-refractivity contribution is 5.40. The maximum absolute atomic E-state index is 13.5. The van der Waals surface area contributed by atoms with Crippen LogP contribution in [0.4, 0.5) is 16.2 Å². The van der Waals surface area contributed by atoms with Crippen LogP contribution < -0.4 is 10.6 Å². The molecule has 21 heavy (non-hydrogen) atoms. The second-order valence-electron chi connectivity index (χ2n) is 4.84. The Morgan fingerprint density at radius 3 is 2.76 bits per heavy atom. The van der Waals surface area contributed by atoms with Crippen molar-refractivity contribution in [3.63, 3.8) is 0 Å². The van der Waals surface area contributed by atoms with Gasteiger partial charge in [0.15, 0.2) is 0 Å². The van der Waals surface area contributed by atoms with Crippen LogP contribution in [-0.2, 0) is 6.54 Å². The quantitative estimate of drug-likeness (QED) is 0.725. The van der Waals surface area contributed by atoms with Crippen LogP contribution >= 0.6 is 0 Å². The first-order valence-electron chi connectivity index (χ1n) is 7.34. The Kier molecular flexibility index (Phi) is 5.94. The van der Waals surface area contributed by atoms with Gasteiger partial charge in [-0.05, 0) is 18.6 Å². The number of rotatable bonds is 8. The number of anilines is 2. The van der Waals surface area contributed by atoms with E-state index >= 15 is 0 Å². The number of unbranched alkanes of at least 4 members (excludes halogenated alkanes) is 2. The van der Waals surface area contributed by atoms with Gasteiger partial charge < -0.3 is 10.6 Å². The first-order chi connectivity index (χ1) is 10.3. The molecule has 0 unspecified atom stereocenters. The van der Waals surface area contributed by atoms with E-state index in [0.29, 0.717) is 23.9 Å². The summed E-state index contributed by atoms with van der Waals surface area (Å²) in [5.74, 6) is 1.08. The number of hydrogen-bond acceptors (Lipinski definition) is 4. The number of hydrogen-bond donors (Lipinski definition) is 2. The van der Waals surface area contributed by atoms with E-state index in [9.17, 15) is 4.39 Å². The monoisotopic (exact) mass is 288 g/mol. The lowest BCUT2D eigenvalue weighted by Crippen LogP contribution is -2.08. The highest BCUT2D eigenvalue weighted by Gasteiger charge is 2.02. The maximum Gasteiger partial charge on any atom is 0.224 e. The molecule has 1 aromatic carbocycles. The largest absolute Gasteiger partial charge is 0.366 e. The minimum atomic E-state index is -0.211. The van der Waals surface area contributed by atoms with Crippen LogP contribution in [0.3, 0.4) is 0 Å². The van der Waals surface area contributed by atoms with Gasteiger partial charge in [0, 0.05) is 24.8 Å². The number of nitrogens with one attached hydrogen (secondary N) is 2. The number of aromatic nitrogens is 2. The summed E-state index contributed by atoms with van der Waals surface area (Å²) in [7, 11) is 0. The predicted molar refractivity (Wildman–Crippen MR) is 83.8 cm³/mol. The standard InChI is InChI=1S/C16H21FN4/c1-2-3-6-10-18-16-19-11-9-15(21-16)20-12-13-7-4-5-8-14(13)17/h4-5,7-9,11H,2-3,6,10,12H2,1H3,(H2,18,19,20,21). The molecular weight excluding hydrogens is 267 g/mol. The Morgan fingerprint density at radius 2 is 1.95 bits per heavy atom. The molecule has 2 N–H and O–H groups in total. The van der Waals surface area contributed by atoms with Gasteiger partial charge in [0.05, 0.1) is 0 Å². The lowest BCUT2D eigenvalue weighted by molar-refractivity contribution is 0.613. The molecule has 0 spiro atoms. The summed E-state index contributed by atoms with van der Waals surface area (Å²) >= 11 is 0. The Labute approximate surface area is 124 Å². The topological polar surface area (TPSA) is 49.8 Å². The Balaban J connectivity index is 1.87. The molecule has 0 aliphatic heterocycles. The van der Waals surface area contributed by atoms with Crippen LogP contribution in [0.15, 0.2) is 36.5 Å². The molecule has 112 valence electrons. The third-order valence-electron chi connectivity index (χ3n) is 3.14. The zero-order valence-corrected chi connectivity index (χ0v) is 12.3. The third-order valence-corrected chi connectivity index (χ3v) is 3.14. The van der Waals surface area contributed by atoms with E-state index in [1.54, 1.807) is 24.4 Å². The molecule has 1 heterocycles. The first kappa shape index (κ1) is 15.2. The van der Waals surface area contributed by atoms with Crippen molar-refractivity contribution in [1.29, 1.82) is 0 Å². The van der Waals surface area contributed by atoms with Gasteiger partial charge in [-0.25, -0.2) is 9.37 Å². The van der Waals surface area contributed by atoms with Crippen molar-refractivity contribution in [2.45, 2.75) is 32.7 Å². The fourth-order valence-corrected chi connectivity index (χ4v) is 1.95. The molecule has 0 amide bonds. The van der Waals surface area contributed by atoms with Crippen molar-refractivity contribution < 1.29 is 4.39 Å². The molecule has 0 aliphatic rings. The highest BCUT2D eigenvalue weighted by Crippen LogP contribution is 2.11. The molecule has 0 bridgehead atoms. The summed E-state index contributed by atoms with van der Waals surface area (Å²) in [5, 5.41) is 6.31. The van der Waals surface area contributed by atoms with Crippen molar-refractivity contribution >= 4 is 11.8 Å². The fraction of sp³-hybridized carbons (Fsp3) is 0.375. The van der Waals surface area contributed by atoms with Crippen molar-refractivity contribution in [3.8, 4) is 0 Å². The van der Waals surface area contributed by atoms with Gasteiger partial charge in [0.2, 0.25) is 5.95 Å². The molecule has 0 aliphatic carbocycles. The van der Waals surface area contributed by atoms with Gasteiger partial charge in [-0.2, -0.15) is 4.98 Å². The van der Waals surface area contributed by atoms with Crippen LogP contribution in [0.5, 0.6) is 0 Å². The van der Waals surface area contributed by atoms with Crippen molar-refractivity contribution in [1.82, 2.24) is 9.97 Å². The van der Waals surface area contributed by atoms with E-state index < -0.39 is 0 Å². The molecule has 0 radical (unpaired) electrons. The smallest absolute Gasteiger partial charge is 0.224 e. The van der Waals surface area contributed by atoms with Crippen LogP contribution in [-0.4, -0.2) is 16.5 Å². The number of halogens is 1. The van der Waals surface area contributed by atoms with E-state index in [2.05, 4.69) is 27.5 Å². The average molecular weight is 288 g/mol. The molecule has 2 rings (SSSR count). The summed E-state index contributed by atoms with van der Waals surface area (Å²) in [6.45, 7) is 3.44. The van der Waals surface area contributed by atoms with Gasteiger partial charge in [0.25, 0.3) is 0 Å². The molecule has 5 heteroatoms. The Bertz CT molecular complexity index is 559. The SMILES string of the molecule is CCCCCNc1nccc(NCc2ccccc2F)n1. The Morgan fingerprint density at radius 1 is 1.10 bits per heavy atom. The van der Waals surface area contributed by atoms with E-state index in [1.165, 1.54) is 18.9 Å². The molecule has 4 nitrogen and oxygen atoms in total. The predicted octanol–water partition coefficient (Wildman–Crippen LogP) is 3.83. The molecule has 1 aromatic heterocycles. The van der Waals surface area contributed by atoms with Gasteiger partial charge in [-0.3, -0.25) is 0 Å². The second kappa shape index (κ2) is 8.19. The molecule has 0 saturated carbocycles. The van der Waals surface area contributed by atoms with Crippen LogP contribution in [0.25, 0.3) is 0 Å². The summed E-state index contributed by atoms with van der Waals surface area (Å²) in [4.78, 5) is 8.53. The van der Waals surface area contributed by atoms with Gasteiger partial charge in [0.1, 0.15) is 11.6 Å². The normalized spacial score (nSPS) is 10.4. The molecule has 0 saturated heterocycles. The van der Waals surface area contributed by atoms with Crippen molar-refractivity contribution in [3.05, 3.63) is 47.9 Å². The summed E-state index contributed by atoms with van der Waals surface area (Å²) in [5.41, 5.74) is 0.619. The van der Waals surface area contributed by atoms with Crippen molar-refractivity contribution in [2.75, 3.05) is 17.2 Å². The highest BCUT2D eigenvalue weighted by atomic mass is 19.1. The molecule has 2 aromatic rings. The Hall–Kier alpha value is -2.17. The summed E-state index contributed by atoms with van der Waals surface area (Å²) < 4.78 is 13.5. The van der Waals surface area contributed by atoms with Gasteiger partial charge >= 0.3 is 0 Å². The van der Waals surface area contributed by atoms with E-state index in [0.717, 1.165) is 13.0 Å². The number of benzene rings is 1. The van der Waals surface area contributed by atoms with Crippen molar-refractivity contribution in [2.24, 2.45) is 0 Å². The minimum absolute atomic E-state index is 0.211.